The van der Waals surface area contributed by atoms with Gasteiger partial charge >= 0.3 is 0 Å². The van der Waals surface area contributed by atoms with Gasteiger partial charge in [-0.2, -0.15) is 0 Å². The molecule has 1 N–H and O–H groups in total. The van der Waals surface area contributed by atoms with Gasteiger partial charge in [0, 0.05) is 35.8 Å². The van der Waals surface area contributed by atoms with Gasteiger partial charge in [0.2, 0.25) is 0 Å². The van der Waals surface area contributed by atoms with Crippen LogP contribution in [0.2, 0.25) is 0 Å². The van der Waals surface area contributed by atoms with Crippen LogP contribution in [0.3, 0.4) is 0 Å². The third kappa shape index (κ3) is 4.70. The fourth-order valence-corrected chi connectivity index (χ4v) is 2.39. The lowest BCUT2D eigenvalue weighted by Crippen LogP contribution is -2.32. The summed E-state index contributed by atoms with van der Waals surface area (Å²) >= 11 is 1.81. The number of nitrogens with zero attached hydrogens (tertiary/aromatic N) is 1. The number of thioether (sulfide) groups is 1. The van der Waals surface area contributed by atoms with Crippen LogP contribution in [0.1, 0.15) is 24.2 Å². The molecule has 0 aliphatic carbocycles. The van der Waals surface area contributed by atoms with Crippen molar-refractivity contribution in [2.75, 3.05) is 27.2 Å². The summed E-state index contributed by atoms with van der Waals surface area (Å²) in [5, 5.41) is 3.60. The first kappa shape index (κ1) is 15.1. The van der Waals surface area contributed by atoms with Crippen LogP contribution < -0.4 is 5.32 Å². The summed E-state index contributed by atoms with van der Waals surface area (Å²) < 4.78 is 0. The molecular weight excluding hydrogens is 244 g/mol. The first-order valence-electron chi connectivity index (χ1n) is 6.21. The number of carbonyl (C=O) groups excluding carboxylic acids is 1. The molecule has 0 aliphatic heterocycles. The van der Waals surface area contributed by atoms with E-state index in [1.165, 1.54) is 4.90 Å². The van der Waals surface area contributed by atoms with Gasteiger partial charge in [0.15, 0.2) is 0 Å². The zero-order valence-electron chi connectivity index (χ0n) is 11.6. The van der Waals surface area contributed by atoms with E-state index in [2.05, 4.69) is 19.2 Å². The van der Waals surface area contributed by atoms with Gasteiger partial charge in [-0.25, -0.2) is 0 Å². The molecule has 1 amide bonds. The van der Waals surface area contributed by atoms with E-state index in [0.29, 0.717) is 5.25 Å². The monoisotopic (exact) mass is 266 g/mol. The van der Waals surface area contributed by atoms with E-state index in [4.69, 9.17) is 0 Å². The Bertz CT molecular complexity index is 376. The van der Waals surface area contributed by atoms with Gasteiger partial charge in [0.05, 0.1) is 0 Å². The molecule has 0 spiro atoms. The molecule has 0 aromatic heterocycles. The summed E-state index contributed by atoms with van der Waals surface area (Å²) in [6.45, 7) is 5.85. The second kappa shape index (κ2) is 7.44. The van der Waals surface area contributed by atoms with Crippen LogP contribution in [-0.2, 0) is 0 Å². The first-order valence-corrected chi connectivity index (χ1v) is 7.09. The topological polar surface area (TPSA) is 32.3 Å². The van der Waals surface area contributed by atoms with Crippen LogP contribution in [0.25, 0.3) is 0 Å². The maximum atomic E-state index is 12.1. The van der Waals surface area contributed by atoms with Gasteiger partial charge in [-0.1, -0.05) is 13.8 Å². The van der Waals surface area contributed by atoms with Crippen molar-refractivity contribution < 1.29 is 4.79 Å². The largest absolute Gasteiger partial charge is 0.340 e. The fourth-order valence-electron chi connectivity index (χ4n) is 1.55. The number of hydrogen-bond acceptors (Lipinski definition) is 3. The number of carbonyl (C=O) groups is 1. The number of rotatable bonds is 6. The first-order chi connectivity index (χ1) is 8.54. The molecule has 0 saturated carbocycles. The van der Waals surface area contributed by atoms with E-state index in [-0.39, 0.29) is 5.91 Å². The Kier molecular flexibility index (Phi) is 6.22. The highest BCUT2D eigenvalue weighted by molar-refractivity contribution is 7.99. The Morgan fingerprint density at radius 1 is 1.33 bits per heavy atom. The maximum Gasteiger partial charge on any atom is 0.253 e. The number of likely N-dealkylation sites (N-methyl/N-ethyl adjacent to an activating group) is 2. The van der Waals surface area contributed by atoms with Gasteiger partial charge in [-0.05, 0) is 31.3 Å². The van der Waals surface area contributed by atoms with E-state index in [1.807, 2.05) is 38.4 Å². The summed E-state index contributed by atoms with van der Waals surface area (Å²) in [5.41, 5.74) is 0.752. The second-order valence-corrected chi connectivity index (χ2v) is 6.17. The zero-order chi connectivity index (χ0) is 13.5. The summed E-state index contributed by atoms with van der Waals surface area (Å²) in [6, 6.07) is 7.85. The lowest BCUT2D eigenvalue weighted by atomic mass is 10.2. The molecule has 1 aromatic carbocycles. The Morgan fingerprint density at radius 3 is 2.44 bits per heavy atom. The van der Waals surface area contributed by atoms with Crippen LogP contribution >= 0.6 is 11.8 Å². The molecular formula is C14H22N2OS. The molecule has 0 atom stereocenters. The maximum absolute atomic E-state index is 12.1. The minimum absolute atomic E-state index is 0.0753. The molecule has 100 valence electrons. The van der Waals surface area contributed by atoms with Gasteiger partial charge in [0.1, 0.15) is 0 Å². The minimum atomic E-state index is 0.0753. The summed E-state index contributed by atoms with van der Waals surface area (Å²) in [5.74, 6) is 0.0753. The third-order valence-electron chi connectivity index (χ3n) is 2.52. The van der Waals surface area contributed by atoms with E-state index < -0.39 is 0 Å². The molecule has 1 rings (SSSR count). The quantitative estimate of drug-likeness (QED) is 0.803. The molecule has 3 nitrogen and oxygen atoms in total. The number of hydrogen-bond donors (Lipinski definition) is 1. The molecule has 0 aliphatic rings. The van der Waals surface area contributed by atoms with E-state index in [1.54, 1.807) is 16.7 Å². The lowest BCUT2D eigenvalue weighted by Gasteiger charge is -2.17. The van der Waals surface area contributed by atoms with Crippen molar-refractivity contribution in [2.45, 2.75) is 24.0 Å². The highest BCUT2D eigenvalue weighted by Gasteiger charge is 2.10. The Morgan fingerprint density at radius 2 is 1.94 bits per heavy atom. The van der Waals surface area contributed by atoms with Gasteiger partial charge in [0.25, 0.3) is 5.91 Å². The summed E-state index contributed by atoms with van der Waals surface area (Å²) in [4.78, 5) is 15.0. The predicted molar refractivity (Wildman–Crippen MR) is 78.3 cm³/mol. The molecule has 18 heavy (non-hydrogen) atoms. The average Bonchev–Trinajstić information content (AvgIpc) is 2.35. The third-order valence-corrected chi connectivity index (χ3v) is 3.53. The van der Waals surface area contributed by atoms with Crippen LogP contribution in [-0.4, -0.2) is 43.2 Å². The van der Waals surface area contributed by atoms with Crippen molar-refractivity contribution in [2.24, 2.45) is 0 Å². The minimum Gasteiger partial charge on any atom is -0.340 e. The van der Waals surface area contributed by atoms with E-state index >= 15 is 0 Å². The van der Waals surface area contributed by atoms with Gasteiger partial charge in [-0.15, -0.1) is 11.8 Å². The second-order valence-electron chi connectivity index (χ2n) is 4.52. The average molecular weight is 266 g/mol. The van der Waals surface area contributed by atoms with Crippen molar-refractivity contribution in [3.63, 3.8) is 0 Å². The Balaban J connectivity index is 2.63. The van der Waals surface area contributed by atoms with Crippen molar-refractivity contribution >= 4 is 17.7 Å². The van der Waals surface area contributed by atoms with Crippen LogP contribution in [0.15, 0.2) is 29.2 Å². The van der Waals surface area contributed by atoms with Gasteiger partial charge in [-0.3, -0.25) is 4.79 Å². The Labute approximate surface area is 114 Å². The van der Waals surface area contributed by atoms with Crippen molar-refractivity contribution in [1.82, 2.24) is 10.2 Å². The molecule has 1 aromatic rings. The Hall–Kier alpha value is -1.00. The highest BCUT2D eigenvalue weighted by Crippen LogP contribution is 2.23. The molecule has 4 heteroatoms. The van der Waals surface area contributed by atoms with Crippen molar-refractivity contribution in [1.29, 1.82) is 0 Å². The van der Waals surface area contributed by atoms with Crippen LogP contribution in [0.4, 0.5) is 0 Å². The number of nitrogens with one attached hydrogen (secondary N) is 1. The molecule has 0 heterocycles. The lowest BCUT2D eigenvalue weighted by molar-refractivity contribution is 0.0797. The van der Waals surface area contributed by atoms with Crippen molar-refractivity contribution in [3.05, 3.63) is 29.8 Å². The van der Waals surface area contributed by atoms with E-state index in [0.717, 1.165) is 18.7 Å². The molecule has 0 saturated heterocycles. The SMILES string of the molecule is CNCCN(C)C(=O)c1ccc(SC(C)C)cc1. The highest BCUT2D eigenvalue weighted by atomic mass is 32.2. The molecule has 0 unspecified atom stereocenters. The summed E-state index contributed by atoms with van der Waals surface area (Å²) in [6.07, 6.45) is 0. The standard InChI is InChI=1S/C14H22N2OS/c1-11(2)18-13-7-5-12(6-8-13)14(17)16(4)10-9-15-3/h5-8,11,15H,9-10H2,1-4H3. The van der Waals surface area contributed by atoms with E-state index in [9.17, 15) is 4.79 Å². The normalized spacial score (nSPS) is 10.7. The molecule has 0 fully saturated rings. The molecule has 0 radical (unpaired) electrons. The number of amides is 1. The smallest absolute Gasteiger partial charge is 0.253 e. The van der Waals surface area contributed by atoms with Crippen LogP contribution in [0.5, 0.6) is 0 Å². The molecule has 0 bridgehead atoms. The zero-order valence-corrected chi connectivity index (χ0v) is 12.4. The fraction of sp³-hybridized carbons (Fsp3) is 0.500. The summed E-state index contributed by atoms with van der Waals surface area (Å²) in [7, 11) is 3.71. The van der Waals surface area contributed by atoms with Crippen molar-refractivity contribution in [3.8, 4) is 0 Å². The predicted octanol–water partition coefficient (Wildman–Crippen LogP) is 2.48. The van der Waals surface area contributed by atoms with Gasteiger partial charge < -0.3 is 10.2 Å². The number of benzene rings is 1. The van der Waals surface area contributed by atoms with Crippen LogP contribution in [0, 0.1) is 0 Å².